The Labute approximate surface area is 67.4 Å². The molecular weight excluding hydrogens is 136 g/mol. The fourth-order valence-electron chi connectivity index (χ4n) is 1.45. The van der Waals surface area contributed by atoms with Gasteiger partial charge in [0.25, 0.3) is 0 Å². The maximum atomic E-state index is 4.15. The highest BCUT2D eigenvalue weighted by Crippen LogP contribution is 2.35. The Morgan fingerprint density at radius 1 is 1.55 bits per heavy atom. The van der Waals surface area contributed by atoms with Gasteiger partial charge in [-0.3, -0.25) is 0 Å². The lowest BCUT2D eigenvalue weighted by Crippen LogP contribution is -2.01. The molecular formula is C9H13N2. The van der Waals surface area contributed by atoms with Gasteiger partial charge in [-0.05, 0) is 24.8 Å². The van der Waals surface area contributed by atoms with Gasteiger partial charge in [0.2, 0.25) is 0 Å². The minimum absolute atomic E-state index is 0.763. The predicted octanol–water partition coefficient (Wildman–Crippen LogP) is 2.05. The van der Waals surface area contributed by atoms with Crippen LogP contribution in [0.2, 0.25) is 0 Å². The monoisotopic (exact) mass is 149 g/mol. The van der Waals surface area contributed by atoms with Crippen LogP contribution < -0.4 is 5.43 Å². The summed E-state index contributed by atoms with van der Waals surface area (Å²) in [7, 11) is 0. The second-order valence-corrected chi connectivity index (χ2v) is 3.28. The van der Waals surface area contributed by atoms with Crippen LogP contribution in [0.15, 0.2) is 16.9 Å². The molecule has 1 saturated carbocycles. The minimum Gasteiger partial charge on any atom is -0.159 e. The second kappa shape index (κ2) is 2.68. The number of nitrogens with zero attached hydrogens (tertiary/aromatic N) is 2. The van der Waals surface area contributed by atoms with Crippen molar-refractivity contribution in [2.24, 2.45) is 11.0 Å². The van der Waals surface area contributed by atoms with Gasteiger partial charge >= 0.3 is 0 Å². The zero-order valence-corrected chi connectivity index (χ0v) is 6.88. The van der Waals surface area contributed by atoms with Crippen LogP contribution in [-0.2, 0) is 0 Å². The lowest BCUT2D eigenvalue weighted by molar-refractivity contribution is 0.923. The van der Waals surface area contributed by atoms with E-state index in [-0.39, 0.29) is 0 Å². The van der Waals surface area contributed by atoms with E-state index in [1.54, 1.807) is 0 Å². The Bertz CT molecular complexity index is 212. The first-order chi connectivity index (χ1) is 5.42. The summed E-state index contributed by atoms with van der Waals surface area (Å²) in [5.74, 6) is 0.763. The molecule has 0 bridgehead atoms. The summed E-state index contributed by atoms with van der Waals surface area (Å²) in [5.41, 5.74) is 6.62. The van der Waals surface area contributed by atoms with E-state index in [0.29, 0.717) is 0 Å². The van der Waals surface area contributed by atoms with E-state index in [1.807, 2.05) is 6.20 Å². The molecule has 1 heterocycles. The molecule has 1 radical (unpaired) electrons. The van der Waals surface area contributed by atoms with Crippen LogP contribution in [0.5, 0.6) is 0 Å². The van der Waals surface area contributed by atoms with Crippen molar-refractivity contribution in [1.82, 2.24) is 5.43 Å². The predicted molar refractivity (Wildman–Crippen MR) is 45.3 cm³/mol. The summed E-state index contributed by atoms with van der Waals surface area (Å²) in [5, 5.41) is 4.15. The van der Waals surface area contributed by atoms with Gasteiger partial charge in [-0.15, -0.1) is 0 Å². The van der Waals surface area contributed by atoms with Crippen molar-refractivity contribution in [1.29, 1.82) is 0 Å². The molecule has 0 N–H and O–H groups in total. The van der Waals surface area contributed by atoms with E-state index in [0.717, 1.165) is 12.3 Å². The SMILES string of the molecule is CCCC1=C[N]N=C1C1CC1. The Morgan fingerprint density at radius 2 is 2.36 bits per heavy atom. The highest BCUT2D eigenvalue weighted by atomic mass is 15.3. The lowest BCUT2D eigenvalue weighted by atomic mass is 10.0. The average Bonchev–Trinajstić information content (AvgIpc) is 2.75. The zero-order chi connectivity index (χ0) is 7.68. The molecule has 0 spiro atoms. The van der Waals surface area contributed by atoms with E-state index in [1.165, 1.54) is 30.5 Å². The number of allylic oxidation sites excluding steroid dienone is 1. The summed E-state index contributed by atoms with van der Waals surface area (Å²) in [6.07, 6.45) is 6.94. The highest BCUT2D eigenvalue weighted by molar-refractivity contribution is 6.04. The summed E-state index contributed by atoms with van der Waals surface area (Å²) < 4.78 is 0. The molecule has 59 valence electrons. The van der Waals surface area contributed by atoms with Crippen LogP contribution in [0.3, 0.4) is 0 Å². The zero-order valence-electron chi connectivity index (χ0n) is 6.88. The van der Waals surface area contributed by atoms with Crippen LogP contribution >= 0.6 is 0 Å². The van der Waals surface area contributed by atoms with E-state index in [4.69, 9.17) is 0 Å². The van der Waals surface area contributed by atoms with Crippen LogP contribution in [-0.4, -0.2) is 5.71 Å². The van der Waals surface area contributed by atoms with Gasteiger partial charge in [-0.1, -0.05) is 13.3 Å². The van der Waals surface area contributed by atoms with Gasteiger partial charge in [-0.25, -0.2) is 0 Å². The molecule has 0 amide bonds. The van der Waals surface area contributed by atoms with Gasteiger partial charge in [0.1, 0.15) is 0 Å². The van der Waals surface area contributed by atoms with Crippen LogP contribution in [0.25, 0.3) is 0 Å². The summed E-state index contributed by atoms with van der Waals surface area (Å²) >= 11 is 0. The van der Waals surface area contributed by atoms with Crippen molar-refractivity contribution in [3.05, 3.63) is 11.8 Å². The smallest absolute Gasteiger partial charge is 0.0709 e. The van der Waals surface area contributed by atoms with Gasteiger partial charge in [-0.2, -0.15) is 10.5 Å². The Hall–Kier alpha value is -0.790. The van der Waals surface area contributed by atoms with Crippen LogP contribution in [0, 0.1) is 5.92 Å². The molecule has 0 aromatic rings. The molecule has 0 aromatic heterocycles. The average molecular weight is 149 g/mol. The maximum Gasteiger partial charge on any atom is 0.0709 e. The number of hydrogen-bond donors (Lipinski definition) is 0. The molecule has 2 rings (SSSR count). The highest BCUT2D eigenvalue weighted by Gasteiger charge is 2.31. The maximum absolute atomic E-state index is 4.15. The number of rotatable bonds is 3. The van der Waals surface area contributed by atoms with Crippen molar-refractivity contribution in [2.75, 3.05) is 0 Å². The van der Waals surface area contributed by atoms with E-state index < -0.39 is 0 Å². The summed E-state index contributed by atoms with van der Waals surface area (Å²) in [4.78, 5) is 0. The molecule has 2 nitrogen and oxygen atoms in total. The van der Waals surface area contributed by atoms with Crippen molar-refractivity contribution in [2.45, 2.75) is 32.6 Å². The van der Waals surface area contributed by atoms with E-state index in [2.05, 4.69) is 17.5 Å². The molecule has 2 aliphatic rings. The van der Waals surface area contributed by atoms with Gasteiger partial charge < -0.3 is 0 Å². The fraction of sp³-hybridized carbons (Fsp3) is 0.667. The molecule has 11 heavy (non-hydrogen) atoms. The van der Waals surface area contributed by atoms with Gasteiger partial charge in [0, 0.05) is 5.92 Å². The quantitative estimate of drug-likeness (QED) is 0.587. The summed E-state index contributed by atoms with van der Waals surface area (Å²) in [6.45, 7) is 2.20. The van der Waals surface area contributed by atoms with Crippen molar-refractivity contribution in [3.63, 3.8) is 0 Å². The van der Waals surface area contributed by atoms with Gasteiger partial charge in [0.15, 0.2) is 0 Å². The van der Waals surface area contributed by atoms with Crippen molar-refractivity contribution >= 4 is 5.71 Å². The lowest BCUT2D eigenvalue weighted by Gasteiger charge is -2.00. The van der Waals surface area contributed by atoms with Crippen molar-refractivity contribution < 1.29 is 0 Å². The molecule has 1 fully saturated rings. The standard InChI is InChI=1S/C9H13N2/c1-2-3-8-6-10-11-9(8)7-4-5-7/h6-7H,2-5H2,1H3. The first-order valence-corrected chi connectivity index (χ1v) is 4.39. The topological polar surface area (TPSA) is 26.5 Å². The van der Waals surface area contributed by atoms with E-state index in [9.17, 15) is 0 Å². The summed E-state index contributed by atoms with van der Waals surface area (Å²) in [6, 6.07) is 0. The Balaban J connectivity index is 2.02. The Kier molecular flexibility index (Phi) is 1.68. The first kappa shape index (κ1) is 6.89. The van der Waals surface area contributed by atoms with Crippen LogP contribution in [0.1, 0.15) is 32.6 Å². The molecule has 0 saturated heterocycles. The third-order valence-corrected chi connectivity index (χ3v) is 2.19. The van der Waals surface area contributed by atoms with E-state index >= 15 is 0 Å². The number of hydrogen-bond acceptors (Lipinski definition) is 1. The molecule has 0 aromatic carbocycles. The second-order valence-electron chi connectivity index (χ2n) is 3.28. The third-order valence-electron chi connectivity index (χ3n) is 2.19. The molecule has 0 unspecified atom stereocenters. The molecule has 2 heteroatoms. The first-order valence-electron chi connectivity index (χ1n) is 4.39. The molecule has 1 aliphatic heterocycles. The normalized spacial score (nSPS) is 22.6. The van der Waals surface area contributed by atoms with Crippen LogP contribution in [0.4, 0.5) is 0 Å². The Morgan fingerprint density at radius 3 is 3.00 bits per heavy atom. The third kappa shape index (κ3) is 1.30. The fourth-order valence-corrected chi connectivity index (χ4v) is 1.45. The van der Waals surface area contributed by atoms with Gasteiger partial charge in [0.05, 0.1) is 11.9 Å². The minimum atomic E-state index is 0.763. The molecule has 0 atom stereocenters. The van der Waals surface area contributed by atoms with Crippen molar-refractivity contribution in [3.8, 4) is 0 Å². The molecule has 1 aliphatic carbocycles. The largest absolute Gasteiger partial charge is 0.159 e.